The van der Waals surface area contributed by atoms with E-state index < -0.39 is 0 Å². The van der Waals surface area contributed by atoms with Gasteiger partial charge in [-0.25, -0.2) is 9.97 Å². The molecule has 0 atom stereocenters. The number of amides is 1. The summed E-state index contributed by atoms with van der Waals surface area (Å²) in [4.78, 5) is 19.5. The van der Waals surface area contributed by atoms with Crippen molar-refractivity contribution in [1.82, 2.24) is 9.97 Å². The number of halogens is 2. The molecule has 1 aromatic heterocycles. The highest BCUT2D eigenvalue weighted by atomic mass is 35.5. The Bertz CT molecular complexity index is 558. The molecule has 0 aliphatic heterocycles. The van der Waals surface area contributed by atoms with Crippen LogP contribution < -0.4 is 5.32 Å². The van der Waals surface area contributed by atoms with Crippen LogP contribution in [-0.2, 0) is 11.2 Å². The molecular formula is C12H9Cl2N3O. The number of carbonyl (C=O) groups excluding carboxylic acids is 1. The fourth-order valence-electron chi connectivity index (χ4n) is 1.38. The van der Waals surface area contributed by atoms with Crippen LogP contribution in [0.1, 0.15) is 5.56 Å². The summed E-state index contributed by atoms with van der Waals surface area (Å²) in [5.74, 6) is 0.149. The first-order chi connectivity index (χ1) is 8.65. The van der Waals surface area contributed by atoms with Gasteiger partial charge in [-0.2, -0.15) is 0 Å². The lowest BCUT2D eigenvalue weighted by Crippen LogP contribution is -2.15. The van der Waals surface area contributed by atoms with Crippen molar-refractivity contribution < 1.29 is 4.79 Å². The lowest BCUT2D eigenvalue weighted by molar-refractivity contribution is -0.115. The van der Waals surface area contributed by atoms with E-state index >= 15 is 0 Å². The number of hydrogen-bond acceptors (Lipinski definition) is 3. The van der Waals surface area contributed by atoms with Crippen LogP contribution in [0.3, 0.4) is 0 Å². The maximum absolute atomic E-state index is 11.7. The van der Waals surface area contributed by atoms with E-state index in [0.29, 0.717) is 10.8 Å². The highest BCUT2D eigenvalue weighted by Crippen LogP contribution is 2.16. The van der Waals surface area contributed by atoms with Crippen molar-refractivity contribution in [3.8, 4) is 0 Å². The molecule has 0 saturated heterocycles. The Morgan fingerprint density at radius 3 is 2.61 bits per heavy atom. The smallest absolute Gasteiger partial charge is 0.230 e. The number of anilines is 1. The summed E-state index contributed by atoms with van der Waals surface area (Å²) in [7, 11) is 0. The molecule has 0 saturated carbocycles. The Morgan fingerprint density at radius 1 is 1.17 bits per heavy atom. The van der Waals surface area contributed by atoms with E-state index in [-0.39, 0.29) is 17.5 Å². The van der Waals surface area contributed by atoms with Crippen molar-refractivity contribution in [2.45, 2.75) is 6.42 Å². The molecule has 1 amide bonds. The SMILES string of the molecule is O=C(Cc1ccccc1Cl)Nc1cnc(Cl)cn1. The van der Waals surface area contributed by atoms with Gasteiger partial charge >= 0.3 is 0 Å². The molecule has 0 aliphatic rings. The molecule has 1 aromatic carbocycles. The van der Waals surface area contributed by atoms with Crippen LogP contribution in [-0.4, -0.2) is 15.9 Å². The van der Waals surface area contributed by atoms with Crippen molar-refractivity contribution in [2.24, 2.45) is 0 Å². The molecule has 1 N–H and O–H groups in total. The Labute approximate surface area is 114 Å². The minimum atomic E-state index is -0.209. The Hall–Kier alpha value is -1.65. The van der Waals surface area contributed by atoms with Gasteiger partial charge in [0.25, 0.3) is 0 Å². The summed E-state index contributed by atoms with van der Waals surface area (Å²) in [6.45, 7) is 0. The van der Waals surface area contributed by atoms with Gasteiger partial charge in [-0.1, -0.05) is 41.4 Å². The molecule has 0 bridgehead atoms. The van der Waals surface area contributed by atoms with Gasteiger partial charge in [-0.05, 0) is 11.6 Å². The van der Waals surface area contributed by atoms with Gasteiger partial charge in [-0.15, -0.1) is 0 Å². The quantitative estimate of drug-likeness (QED) is 0.941. The van der Waals surface area contributed by atoms with Gasteiger partial charge in [0.05, 0.1) is 18.8 Å². The van der Waals surface area contributed by atoms with E-state index in [1.165, 1.54) is 12.4 Å². The Morgan fingerprint density at radius 2 is 1.94 bits per heavy atom. The number of carbonyl (C=O) groups is 1. The Balaban J connectivity index is 2.01. The topological polar surface area (TPSA) is 54.9 Å². The third-order valence-corrected chi connectivity index (χ3v) is 2.76. The molecule has 0 aliphatic carbocycles. The predicted octanol–water partition coefficient (Wildman–Crippen LogP) is 2.96. The first kappa shape index (κ1) is 12.8. The summed E-state index contributed by atoms with van der Waals surface area (Å²) < 4.78 is 0. The van der Waals surface area contributed by atoms with Gasteiger partial charge in [-0.3, -0.25) is 4.79 Å². The molecule has 92 valence electrons. The van der Waals surface area contributed by atoms with Gasteiger partial charge in [0.1, 0.15) is 5.15 Å². The second-order valence-corrected chi connectivity index (χ2v) is 4.34. The van der Waals surface area contributed by atoms with E-state index in [0.717, 1.165) is 5.56 Å². The average Bonchev–Trinajstić information content (AvgIpc) is 2.35. The Kier molecular flexibility index (Phi) is 4.12. The highest BCUT2D eigenvalue weighted by Gasteiger charge is 2.07. The number of rotatable bonds is 3. The van der Waals surface area contributed by atoms with Gasteiger partial charge in [0, 0.05) is 5.02 Å². The predicted molar refractivity (Wildman–Crippen MR) is 70.8 cm³/mol. The van der Waals surface area contributed by atoms with E-state index in [9.17, 15) is 4.79 Å². The summed E-state index contributed by atoms with van der Waals surface area (Å²) in [5.41, 5.74) is 0.763. The third kappa shape index (κ3) is 3.42. The summed E-state index contributed by atoms with van der Waals surface area (Å²) >= 11 is 11.6. The summed E-state index contributed by atoms with van der Waals surface area (Å²) in [6, 6.07) is 7.19. The third-order valence-electron chi connectivity index (χ3n) is 2.20. The van der Waals surface area contributed by atoms with Crippen molar-refractivity contribution in [1.29, 1.82) is 0 Å². The number of benzene rings is 1. The molecule has 2 aromatic rings. The lowest BCUT2D eigenvalue weighted by Gasteiger charge is -2.05. The van der Waals surface area contributed by atoms with Crippen LogP contribution in [0.25, 0.3) is 0 Å². The molecule has 0 unspecified atom stereocenters. The molecule has 4 nitrogen and oxygen atoms in total. The van der Waals surface area contributed by atoms with Gasteiger partial charge in [0.2, 0.25) is 5.91 Å². The van der Waals surface area contributed by atoms with Crippen LogP contribution in [0.15, 0.2) is 36.7 Å². The zero-order chi connectivity index (χ0) is 13.0. The van der Waals surface area contributed by atoms with Crippen molar-refractivity contribution in [3.63, 3.8) is 0 Å². The number of aromatic nitrogens is 2. The zero-order valence-corrected chi connectivity index (χ0v) is 10.7. The summed E-state index contributed by atoms with van der Waals surface area (Å²) in [6.07, 6.45) is 2.95. The van der Waals surface area contributed by atoms with E-state index in [4.69, 9.17) is 23.2 Å². The lowest BCUT2D eigenvalue weighted by atomic mass is 10.1. The van der Waals surface area contributed by atoms with Crippen LogP contribution in [0.2, 0.25) is 10.2 Å². The van der Waals surface area contributed by atoms with E-state index in [1.54, 1.807) is 12.1 Å². The second kappa shape index (κ2) is 5.80. The van der Waals surface area contributed by atoms with Crippen molar-refractivity contribution in [2.75, 3.05) is 5.32 Å². The van der Waals surface area contributed by atoms with Crippen molar-refractivity contribution in [3.05, 3.63) is 52.4 Å². The first-order valence-corrected chi connectivity index (χ1v) is 5.91. The minimum absolute atomic E-state index is 0.185. The molecular weight excluding hydrogens is 273 g/mol. The maximum atomic E-state index is 11.7. The molecule has 0 radical (unpaired) electrons. The van der Waals surface area contributed by atoms with Crippen LogP contribution >= 0.6 is 23.2 Å². The van der Waals surface area contributed by atoms with Gasteiger partial charge in [0.15, 0.2) is 5.82 Å². The molecule has 1 heterocycles. The number of hydrogen-bond donors (Lipinski definition) is 1. The monoisotopic (exact) mass is 281 g/mol. The van der Waals surface area contributed by atoms with Gasteiger partial charge < -0.3 is 5.32 Å². The van der Waals surface area contributed by atoms with Crippen LogP contribution in [0.5, 0.6) is 0 Å². The molecule has 6 heteroatoms. The normalized spacial score (nSPS) is 10.1. The van der Waals surface area contributed by atoms with E-state index in [1.807, 2.05) is 12.1 Å². The summed E-state index contributed by atoms with van der Waals surface area (Å²) in [5, 5.41) is 3.46. The molecule has 0 spiro atoms. The second-order valence-electron chi connectivity index (χ2n) is 3.54. The minimum Gasteiger partial charge on any atom is -0.309 e. The maximum Gasteiger partial charge on any atom is 0.230 e. The fourth-order valence-corrected chi connectivity index (χ4v) is 1.68. The fraction of sp³-hybridized carbons (Fsp3) is 0.0833. The van der Waals surface area contributed by atoms with Crippen molar-refractivity contribution >= 4 is 34.9 Å². The number of nitrogens with zero attached hydrogens (tertiary/aromatic N) is 2. The highest BCUT2D eigenvalue weighted by molar-refractivity contribution is 6.31. The van der Waals surface area contributed by atoms with E-state index in [2.05, 4.69) is 15.3 Å². The van der Waals surface area contributed by atoms with Crippen LogP contribution in [0, 0.1) is 0 Å². The largest absolute Gasteiger partial charge is 0.309 e. The number of nitrogens with one attached hydrogen (secondary N) is 1. The average molecular weight is 282 g/mol. The molecule has 2 rings (SSSR count). The first-order valence-electron chi connectivity index (χ1n) is 5.16. The molecule has 18 heavy (non-hydrogen) atoms. The molecule has 0 fully saturated rings. The zero-order valence-electron chi connectivity index (χ0n) is 9.23. The van der Waals surface area contributed by atoms with Crippen LogP contribution in [0.4, 0.5) is 5.82 Å². The standard InChI is InChI=1S/C12H9Cl2N3O/c13-9-4-2-1-3-8(9)5-12(18)17-11-7-15-10(14)6-16-11/h1-4,6-7H,5H2,(H,16,17,18).